The van der Waals surface area contributed by atoms with Crippen molar-refractivity contribution >= 4 is 33.8 Å². The summed E-state index contributed by atoms with van der Waals surface area (Å²) >= 11 is 0. The number of rotatable bonds is 12. The smallest absolute Gasteiger partial charge is 0.209 e. The summed E-state index contributed by atoms with van der Waals surface area (Å²) in [5.41, 5.74) is 20.8. The van der Waals surface area contributed by atoms with Crippen LogP contribution < -0.4 is 28.9 Å². The molecule has 0 saturated carbocycles. The van der Waals surface area contributed by atoms with Gasteiger partial charge in [0.25, 0.3) is 0 Å². The van der Waals surface area contributed by atoms with Gasteiger partial charge in [-0.15, -0.1) is 0 Å². The molecule has 3 aliphatic rings. The van der Waals surface area contributed by atoms with E-state index in [0.29, 0.717) is 0 Å². The first-order chi connectivity index (χ1) is 31.2. The second kappa shape index (κ2) is 19.8. The summed E-state index contributed by atoms with van der Waals surface area (Å²) in [5, 5.41) is 0. The van der Waals surface area contributed by atoms with E-state index in [-0.39, 0.29) is 34.8 Å². The van der Waals surface area contributed by atoms with E-state index in [1.807, 2.05) is 0 Å². The van der Waals surface area contributed by atoms with Gasteiger partial charge in [-0.25, -0.2) is 0 Å². The zero-order valence-corrected chi connectivity index (χ0v) is 41.3. The molecule has 0 radical (unpaired) electrons. The minimum Gasteiger partial charge on any atom is -1.00 e. The molecule has 0 aromatic heterocycles. The van der Waals surface area contributed by atoms with Crippen molar-refractivity contribution in [3.05, 3.63) is 244 Å². The molecule has 2 nitrogen and oxygen atoms in total. The second-order valence-electron chi connectivity index (χ2n) is 18.7. The van der Waals surface area contributed by atoms with Crippen LogP contribution in [0.4, 0.5) is 11.4 Å². The molecule has 65 heavy (non-hydrogen) atoms. The average Bonchev–Trinajstić information content (AvgIpc) is 3.68. The highest BCUT2D eigenvalue weighted by atomic mass is 127. The van der Waals surface area contributed by atoms with Gasteiger partial charge < -0.3 is 28.9 Å². The van der Waals surface area contributed by atoms with Gasteiger partial charge in [0.2, 0.25) is 5.69 Å². The Morgan fingerprint density at radius 2 is 1.09 bits per heavy atom. The van der Waals surface area contributed by atoms with Gasteiger partial charge >= 0.3 is 0 Å². The van der Waals surface area contributed by atoms with Crippen LogP contribution in [0.15, 0.2) is 205 Å². The third kappa shape index (κ3) is 8.85. The number of para-hydroxylation sites is 2. The predicted octanol–water partition coefficient (Wildman–Crippen LogP) is 12.7. The molecule has 0 atom stereocenters. The van der Waals surface area contributed by atoms with Crippen molar-refractivity contribution in [2.75, 3.05) is 18.0 Å². The SMILES string of the molecule is CCCN1/C(=C\C=C2/CCCC(/C=C/C3=[N+](CCC)c4ccccc4C3(C)C)=C2c2ccc(C(=C(c3ccccc3)c3ccccc3)c3ccccc3)cc2)C(C)(C)c2ccccc21.[I-]. The first kappa shape index (κ1) is 45.8. The van der Waals surface area contributed by atoms with E-state index < -0.39 is 0 Å². The lowest BCUT2D eigenvalue weighted by Crippen LogP contribution is -3.00. The third-order valence-corrected chi connectivity index (χ3v) is 13.8. The Morgan fingerprint density at radius 3 is 1.68 bits per heavy atom. The van der Waals surface area contributed by atoms with Crippen molar-refractivity contribution in [3.63, 3.8) is 0 Å². The normalized spacial score (nSPS) is 17.4. The highest BCUT2D eigenvalue weighted by molar-refractivity contribution is 6.05. The number of hydrogen-bond donors (Lipinski definition) is 0. The van der Waals surface area contributed by atoms with E-state index >= 15 is 0 Å². The van der Waals surface area contributed by atoms with E-state index in [4.69, 9.17) is 0 Å². The molecule has 0 spiro atoms. The lowest BCUT2D eigenvalue weighted by molar-refractivity contribution is -0.437. The Morgan fingerprint density at radius 1 is 0.554 bits per heavy atom. The van der Waals surface area contributed by atoms with Crippen molar-refractivity contribution in [1.82, 2.24) is 0 Å². The van der Waals surface area contributed by atoms with Crippen molar-refractivity contribution in [2.24, 2.45) is 0 Å². The zero-order chi connectivity index (χ0) is 44.3. The van der Waals surface area contributed by atoms with Gasteiger partial charge in [-0.05, 0) is 113 Å². The molecule has 6 aromatic carbocycles. The first-order valence-corrected chi connectivity index (χ1v) is 23.7. The minimum absolute atomic E-state index is 0. The van der Waals surface area contributed by atoms with Crippen LogP contribution in [0.3, 0.4) is 0 Å². The third-order valence-electron chi connectivity index (χ3n) is 13.8. The molecule has 328 valence electrons. The van der Waals surface area contributed by atoms with Crippen LogP contribution in [-0.2, 0) is 10.8 Å². The van der Waals surface area contributed by atoms with Gasteiger partial charge in [-0.3, -0.25) is 0 Å². The van der Waals surface area contributed by atoms with Crippen LogP contribution in [0, 0.1) is 0 Å². The summed E-state index contributed by atoms with van der Waals surface area (Å²) in [6.45, 7) is 16.2. The fourth-order valence-electron chi connectivity index (χ4n) is 10.7. The molecule has 0 amide bonds. The quantitative estimate of drug-likeness (QED) is 0.0673. The zero-order valence-electron chi connectivity index (χ0n) is 39.1. The Bertz CT molecular complexity index is 2790. The lowest BCUT2D eigenvalue weighted by Gasteiger charge is -2.27. The van der Waals surface area contributed by atoms with Crippen molar-refractivity contribution < 1.29 is 28.6 Å². The number of allylic oxidation sites excluding steroid dienone is 8. The number of anilines is 1. The number of benzene rings is 6. The van der Waals surface area contributed by atoms with E-state index in [0.717, 1.165) is 45.2 Å². The van der Waals surface area contributed by atoms with Crippen LogP contribution in [0.25, 0.3) is 16.7 Å². The average molecular weight is 963 g/mol. The second-order valence-corrected chi connectivity index (χ2v) is 18.7. The Kier molecular flexibility index (Phi) is 13.9. The van der Waals surface area contributed by atoms with Crippen LogP contribution in [0.5, 0.6) is 0 Å². The fraction of sp³-hybridized carbons (Fsp3) is 0.242. The summed E-state index contributed by atoms with van der Waals surface area (Å²) in [6.07, 6.45) is 15.3. The molecule has 9 rings (SSSR count). The van der Waals surface area contributed by atoms with E-state index in [1.165, 1.54) is 89.6 Å². The number of halogens is 1. The standard InChI is InChI=1S/C62H63N2.HI/c1-7-43-63-54-33-20-18-31-52(54)61(3,4)56(63)41-39-48-29-22-30-49(40-42-57-62(5,6)53-32-19-21-34-55(53)64(57)44-8-2)58(48)50-35-37-51(38-36-50)60(47-27-16-11-17-28-47)59(45-23-12-9-13-24-45)46-25-14-10-15-26-46;/h9-21,23-28,31-42H,7-8,22,29-30,43-44H2,1-6H3;1H/q+1;/p-1. The maximum Gasteiger partial charge on any atom is 0.209 e. The maximum absolute atomic E-state index is 2.57. The van der Waals surface area contributed by atoms with Crippen LogP contribution in [0.2, 0.25) is 0 Å². The summed E-state index contributed by atoms with van der Waals surface area (Å²) in [4.78, 5) is 2.57. The fourth-order valence-corrected chi connectivity index (χ4v) is 10.7. The van der Waals surface area contributed by atoms with Crippen LogP contribution in [-0.4, -0.2) is 23.4 Å². The Labute approximate surface area is 406 Å². The number of nitrogens with zero attached hydrogens (tertiary/aromatic N) is 2. The predicted molar refractivity (Wildman–Crippen MR) is 274 cm³/mol. The molecule has 0 bridgehead atoms. The number of hydrogen-bond acceptors (Lipinski definition) is 1. The van der Waals surface area contributed by atoms with Gasteiger partial charge in [-0.1, -0.05) is 192 Å². The molecule has 2 aliphatic heterocycles. The van der Waals surface area contributed by atoms with E-state index in [1.54, 1.807) is 0 Å². The molecule has 0 saturated heterocycles. The molecule has 1 aliphatic carbocycles. The van der Waals surface area contributed by atoms with Gasteiger partial charge in [-0.2, -0.15) is 4.58 Å². The molecular weight excluding hydrogens is 900 g/mol. The lowest BCUT2D eigenvalue weighted by atomic mass is 9.79. The van der Waals surface area contributed by atoms with Crippen LogP contribution >= 0.6 is 0 Å². The van der Waals surface area contributed by atoms with Crippen molar-refractivity contribution in [1.29, 1.82) is 0 Å². The summed E-state index contributed by atoms with van der Waals surface area (Å²) in [7, 11) is 0. The topological polar surface area (TPSA) is 6.25 Å². The first-order valence-electron chi connectivity index (χ1n) is 23.7. The Hall–Kier alpha value is -5.78. The Balaban J connectivity index is 0.00000576. The monoisotopic (exact) mass is 962 g/mol. The van der Waals surface area contributed by atoms with E-state index in [9.17, 15) is 0 Å². The molecule has 0 fully saturated rings. The molecule has 0 unspecified atom stereocenters. The largest absolute Gasteiger partial charge is 1.00 e. The highest BCUT2D eigenvalue weighted by Gasteiger charge is 2.44. The van der Waals surface area contributed by atoms with Crippen LogP contribution in [0.1, 0.15) is 113 Å². The number of fused-ring (bicyclic) bond motifs is 2. The van der Waals surface area contributed by atoms with E-state index in [2.05, 4.69) is 239 Å². The van der Waals surface area contributed by atoms with Crippen molar-refractivity contribution in [3.8, 4) is 0 Å². The van der Waals surface area contributed by atoms with Crippen molar-refractivity contribution in [2.45, 2.75) is 84.5 Å². The van der Waals surface area contributed by atoms with Gasteiger partial charge in [0.1, 0.15) is 6.54 Å². The summed E-state index contributed by atoms with van der Waals surface area (Å²) in [5.74, 6) is 0. The maximum atomic E-state index is 2.57. The molecule has 6 aromatic rings. The van der Waals surface area contributed by atoms with Gasteiger partial charge in [0.15, 0.2) is 5.71 Å². The van der Waals surface area contributed by atoms with Gasteiger partial charge in [0.05, 0.1) is 5.41 Å². The van der Waals surface area contributed by atoms with Gasteiger partial charge in [0, 0.05) is 47.5 Å². The molecule has 2 heterocycles. The molecule has 3 heteroatoms. The summed E-state index contributed by atoms with van der Waals surface area (Å²) in [6, 6.07) is 60.3. The summed E-state index contributed by atoms with van der Waals surface area (Å²) < 4.78 is 2.57. The molecular formula is C62H63IN2. The minimum atomic E-state index is -0.0937. The molecule has 0 N–H and O–H groups in total. The highest BCUT2D eigenvalue weighted by Crippen LogP contribution is 2.48.